The number of hydrazine groups is 1. The summed E-state index contributed by atoms with van der Waals surface area (Å²) >= 11 is 4.94. The van der Waals surface area contributed by atoms with Gasteiger partial charge < -0.3 is 0 Å². The van der Waals surface area contributed by atoms with E-state index in [4.69, 9.17) is 0 Å². The highest BCUT2D eigenvalue weighted by Crippen LogP contribution is 2.28. The molecular weight excluding hydrogens is 352 g/mol. The Labute approximate surface area is 136 Å². The third kappa shape index (κ3) is 4.35. The first kappa shape index (κ1) is 16.1. The van der Waals surface area contributed by atoms with E-state index in [1.807, 2.05) is 26.0 Å². The van der Waals surface area contributed by atoms with Crippen LogP contribution in [0, 0.1) is 13.8 Å². The Morgan fingerprint density at radius 3 is 2.57 bits per heavy atom. The van der Waals surface area contributed by atoms with E-state index in [1.54, 1.807) is 0 Å². The number of benzene rings is 1. The molecule has 0 heterocycles. The molecule has 1 aliphatic carbocycles. The van der Waals surface area contributed by atoms with Gasteiger partial charge in [-0.25, -0.2) is 0 Å². The van der Waals surface area contributed by atoms with Gasteiger partial charge in [-0.1, -0.05) is 22.0 Å². The molecule has 21 heavy (non-hydrogen) atoms. The van der Waals surface area contributed by atoms with Gasteiger partial charge in [0.15, 0.2) is 0 Å². The largest absolute Gasteiger partial charge is 0.272 e. The van der Waals surface area contributed by atoms with Crippen LogP contribution in [-0.4, -0.2) is 17.6 Å². The first-order valence-electron chi connectivity index (χ1n) is 6.65. The van der Waals surface area contributed by atoms with Gasteiger partial charge in [-0.2, -0.15) is 0 Å². The number of carbonyl (C=O) groups excluding carboxylic acids is 2. The third-order valence-corrected chi connectivity index (χ3v) is 5.24. The molecule has 2 amide bonds. The van der Waals surface area contributed by atoms with Crippen LogP contribution < -0.4 is 10.9 Å². The summed E-state index contributed by atoms with van der Waals surface area (Å²) in [5, 5.41) is 0. The Balaban J connectivity index is 1.81. The van der Waals surface area contributed by atoms with Crippen LogP contribution >= 0.6 is 27.7 Å². The molecule has 6 heteroatoms. The first-order valence-corrected chi connectivity index (χ1v) is 8.43. The summed E-state index contributed by atoms with van der Waals surface area (Å²) in [6, 6.07) is 4.09. The van der Waals surface area contributed by atoms with Crippen molar-refractivity contribution in [2.24, 2.45) is 0 Å². The molecule has 0 aliphatic heterocycles. The molecule has 0 saturated heterocycles. The lowest BCUT2D eigenvalue weighted by Gasteiger charge is -2.14. The van der Waals surface area contributed by atoms with Gasteiger partial charge in [0.25, 0.3) is 5.91 Å². The van der Waals surface area contributed by atoms with Crippen LogP contribution in [0.2, 0.25) is 0 Å². The summed E-state index contributed by atoms with van der Waals surface area (Å²) in [4.78, 5) is 24.3. The minimum absolute atomic E-state index is 0.213. The Morgan fingerprint density at radius 2 is 1.95 bits per heavy atom. The van der Waals surface area contributed by atoms with Gasteiger partial charge in [-0.15, -0.1) is 11.8 Å². The van der Waals surface area contributed by atoms with Gasteiger partial charge >= 0.3 is 0 Å². The number of hydrogen-bond acceptors (Lipinski definition) is 3. The number of allylic oxidation sites excluding steroid dienone is 1. The van der Waals surface area contributed by atoms with Crippen molar-refractivity contribution in [2.75, 3.05) is 5.75 Å². The highest BCUT2D eigenvalue weighted by molar-refractivity contribution is 9.10. The first-order chi connectivity index (χ1) is 9.97. The molecule has 0 radical (unpaired) electrons. The molecule has 1 aromatic carbocycles. The van der Waals surface area contributed by atoms with E-state index in [9.17, 15) is 9.59 Å². The van der Waals surface area contributed by atoms with Crippen molar-refractivity contribution in [1.82, 2.24) is 10.9 Å². The second-order valence-electron chi connectivity index (χ2n) is 4.93. The van der Waals surface area contributed by atoms with Crippen molar-refractivity contribution < 1.29 is 9.59 Å². The lowest BCUT2D eigenvalue weighted by molar-refractivity contribution is -0.125. The summed E-state index contributed by atoms with van der Waals surface area (Å²) in [5.74, 6) is -0.162. The van der Waals surface area contributed by atoms with E-state index in [1.165, 1.54) is 11.8 Å². The fraction of sp³-hybridized carbons (Fsp3) is 0.333. The van der Waals surface area contributed by atoms with Gasteiger partial charge in [0.05, 0.1) is 5.75 Å². The number of nitrogens with one attached hydrogen (secondary N) is 2. The highest BCUT2D eigenvalue weighted by Gasteiger charge is 2.15. The molecule has 2 rings (SSSR count). The lowest BCUT2D eigenvalue weighted by Crippen LogP contribution is -2.43. The van der Waals surface area contributed by atoms with Crippen LogP contribution in [0.4, 0.5) is 0 Å². The molecule has 0 bridgehead atoms. The highest BCUT2D eigenvalue weighted by atomic mass is 79.9. The van der Waals surface area contributed by atoms with Crippen LogP contribution in [0.25, 0.3) is 0 Å². The quantitative estimate of drug-likeness (QED) is 0.634. The second-order valence-corrected chi connectivity index (χ2v) is 6.80. The maximum Gasteiger partial charge on any atom is 0.265 e. The maximum atomic E-state index is 11.7. The number of thioether (sulfide) groups is 1. The Morgan fingerprint density at radius 1 is 1.24 bits per heavy atom. The van der Waals surface area contributed by atoms with Crippen molar-refractivity contribution in [3.8, 4) is 0 Å². The monoisotopic (exact) mass is 368 g/mol. The topological polar surface area (TPSA) is 58.2 Å². The van der Waals surface area contributed by atoms with E-state index in [0.717, 1.165) is 38.9 Å². The number of halogens is 1. The van der Waals surface area contributed by atoms with Gasteiger partial charge in [-0.3, -0.25) is 20.4 Å². The fourth-order valence-corrected chi connectivity index (χ4v) is 3.15. The lowest BCUT2D eigenvalue weighted by atomic mass is 9.99. The summed E-state index contributed by atoms with van der Waals surface area (Å²) in [5.41, 5.74) is 7.86. The van der Waals surface area contributed by atoms with E-state index < -0.39 is 0 Å². The van der Waals surface area contributed by atoms with E-state index in [2.05, 4.69) is 32.8 Å². The van der Waals surface area contributed by atoms with Crippen LogP contribution in [-0.2, 0) is 9.59 Å². The van der Waals surface area contributed by atoms with E-state index in [0.29, 0.717) is 0 Å². The molecule has 2 N–H and O–H groups in total. The predicted octanol–water partition coefficient (Wildman–Crippen LogP) is 3.03. The minimum atomic E-state index is -0.215. The standard InChI is InChI=1S/C15H17BrN2O2S/c1-9-7-13(10(2)6-12(9)16)21-8-14(19)17-18-15(20)11-4-3-5-11/h4,6-7H,3,5,8H2,1-2H3,(H,17,19)(H,18,20). The van der Waals surface area contributed by atoms with Crippen molar-refractivity contribution >= 4 is 39.5 Å². The number of aryl methyl sites for hydroxylation is 2. The number of hydrogen-bond donors (Lipinski definition) is 2. The van der Waals surface area contributed by atoms with Crippen molar-refractivity contribution in [3.05, 3.63) is 39.4 Å². The molecule has 1 aromatic rings. The fourth-order valence-electron chi connectivity index (χ4n) is 1.79. The van der Waals surface area contributed by atoms with Gasteiger partial charge in [0.1, 0.15) is 0 Å². The molecule has 0 atom stereocenters. The molecule has 1 aliphatic rings. The van der Waals surface area contributed by atoms with Crippen molar-refractivity contribution in [2.45, 2.75) is 31.6 Å². The zero-order chi connectivity index (χ0) is 15.4. The van der Waals surface area contributed by atoms with Crippen LogP contribution in [0.3, 0.4) is 0 Å². The minimum Gasteiger partial charge on any atom is -0.272 e. The summed E-state index contributed by atoms with van der Waals surface area (Å²) < 4.78 is 1.06. The Hall–Kier alpha value is -1.27. The number of rotatable bonds is 4. The van der Waals surface area contributed by atoms with Gasteiger partial charge in [-0.05, 0) is 49.9 Å². The Bertz CT molecular complexity index is 614. The van der Waals surface area contributed by atoms with Gasteiger partial charge in [0.2, 0.25) is 5.91 Å². The zero-order valence-electron chi connectivity index (χ0n) is 12.0. The number of amides is 2. The molecule has 0 saturated carbocycles. The molecule has 0 spiro atoms. The second kappa shape index (κ2) is 7.13. The van der Waals surface area contributed by atoms with E-state index >= 15 is 0 Å². The Kier molecular flexibility index (Phi) is 5.47. The molecule has 0 fully saturated rings. The normalized spacial score (nSPS) is 13.2. The SMILES string of the molecule is Cc1cc(SCC(=O)NNC(=O)C2=CCC2)c(C)cc1Br. The molecule has 0 aromatic heterocycles. The van der Waals surface area contributed by atoms with Crippen molar-refractivity contribution in [1.29, 1.82) is 0 Å². The average Bonchev–Trinajstić information content (AvgIpc) is 2.37. The molecular formula is C15H17BrN2O2S. The van der Waals surface area contributed by atoms with Crippen LogP contribution in [0.1, 0.15) is 24.0 Å². The smallest absolute Gasteiger partial charge is 0.265 e. The number of carbonyl (C=O) groups is 2. The van der Waals surface area contributed by atoms with Crippen LogP contribution in [0.15, 0.2) is 33.2 Å². The third-order valence-electron chi connectivity index (χ3n) is 3.23. The summed E-state index contributed by atoms with van der Waals surface area (Å²) in [6.07, 6.45) is 3.59. The average molecular weight is 369 g/mol. The zero-order valence-corrected chi connectivity index (χ0v) is 14.4. The predicted molar refractivity (Wildman–Crippen MR) is 87.9 cm³/mol. The maximum absolute atomic E-state index is 11.7. The molecule has 112 valence electrons. The van der Waals surface area contributed by atoms with Crippen LogP contribution in [0.5, 0.6) is 0 Å². The summed E-state index contributed by atoms with van der Waals surface area (Å²) in [7, 11) is 0. The molecule has 4 nitrogen and oxygen atoms in total. The van der Waals surface area contributed by atoms with Crippen molar-refractivity contribution in [3.63, 3.8) is 0 Å². The molecule has 0 unspecified atom stereocenters. The van der Waals surface area contributed by atoms with E-state index in [-0.39, 0.29) is 17.6 Å². The van der Waals surface area contributed by atoms with Gasteiger partial charge in [0, 0.05) is 14.9 Å². The summed E-state index contributed by atoms with van der Waals surface area (Å²) in [6.45, 7) is 4.02.